The third-order valence-corrected chi connectivity index (χ3v) is 6.03. The lowest BCUT2D eigenvalue weighted by molar-refractivity contribution is -0.135. The highest BCUT2D eigenvalue weighted by atomic mass is 32.1. The first kappa shape index (κ1) is 21.1. The topological polar surface area (TPSA) is 71.5 Å². The largest absolute Gasteiger partial charge is 0.493 e. The van der Waals surface area contributed by atoms with Crippen LogP contribution in [0.3, 0.4) is 0 Å². The zero-order valence-electron chi connectivity index (χ0n) is 17.2. The summed E-state index contributed by atoms with van der Waals surface area (Å²) in [7, 11) is 0. The maximum absolute atomic E-state index is 12.8. The second-order valence-electron chi connectivity index (χ2n) is 7.48. The summed E-state index contributed by atoms with van der Waals surface area (Å²) in [6.07, 6.45) is 1.89. The number of nitrogens with zero attached hydrogens (tertiary/aromatic N) is 2. The van der Waals surface area contributed by atoms with Crippen LogP contribution in [0, 0.1) is 5.92 Å². The van der Waals surface area contributed by atoms with E-state index in [2.05, 4.69) is 10.3 Å². The molecule has 1 N–H and O–H groups in total. The summed E-state index contributed by atoms with van der Waals surface area (Å²) < 4.78 is 5.63. The number of benzene rings is 2. The summed E-state index contributed by atoms with van der Waals surface area (Å²) >= 11 is 1.41. The first-order valence-electron chi connectivity index (χ1n) is 10.5. The second-order valence-corrected chi connectivity index (χ2v) is 8.34. The molecule has 31 heavy (non-hydrogen) atoms. The molecule has 3 aromatic rings. The van der Waals surface area contributed by atoms with Crippen molar-refractivity contribution in [1.29, 1.82) is 0 Å². The summed E-state index contributed by atoms with van der Waals surface area (Å²) in [5, 5.41) is 5.46. The summed E-state index contributed by atoms with van der Waals surface area (Å²) in [5.41, 5.74) is 1.87. The molecule has 1 fully saturated rings. The summed E-state index contributed by atoms with van der Waals surface area (Å²) in [6, 6.07) is 19.3. The lowest BCUT2D eigenvalue weighted by Crippen LogP contribution is -2.44. The molecule has 2 heterocycles. The van der Waals surface area contributed by atoms with Gasteiger partial charge in [0.1, 0.15) is 5.75 Å². The highest BCUT2D eigenvalue weighted by molar-refractivity contribution is 7.14. The highest BCUT2D eigenvalue weighted by Gasteiger charge is 2.28. The number of thiazole rings is 1. The first-order valence-corrected chi connectivity index (χ1v) is 11.3. The van der Waals surface area contributed by atoms with Gasteiger partial charge in [-0.15, -0.1) is 11.3 Å². The van der Waals surface area contributed by atoms with Crippen molar-refractivity contribution in [2.45, 2.75) is 19.3 Å². The van der Waals surface area contributed by atoms with Gasteiger partial charge in [0.15, 0.2) is 5.13 Å². The smallest absolute Gasteiger partial charge is 0.231 e. The summed E-state index contributed by atoms with van der Waals surface area (Å²) in [4.78, 5) is 31.7. The third kappa shape index (κ3) is 5.70. The van der Waals surface area contributed by atoms with Crippen molar-refractivity contribution < 1.29 is 14.3 Å². The van der Waals surface area contributed by atoms with Crippen LogP contribution >= 0.6 is 11.3 Å². The summed E-state index contributed by atoms with van der Waals surface area (Å²) in [6.45, 7) is 1.45. The Hall–Kier alpha value is -3.19. The number of likely N-dealkylation sites (tertiary alicyclic amines) is 1. The predicted molar refractivity (Wildman–Crippen MR) is 122 cm³/mol. The maximum Gasteiger partial charge on any atom is 0.231 e. The van der Waals surface area contributed by atoms with Crippen LogP contribution in [0.15, 0.2) is 66.0 Å². The van der Waals surface area contributed by atoms with Gasteiger partial charge in [-0.3, -0.25) is 9.59 Å². The van der Waals surface area contributed by atoms with Gasteiger partial charge in [0, 0.05) is 24.0 Å². The van der Waals surface area contributed by atoms with Gasteiger partial charge in [0.05, 0.1) is 24.6 Å². The van der Waals surface area contributed by atoms with Crippen LogP contribution < -0.4 is 10.1 Å². The Bertz CT molecular complexity index is 1010. The van der Waals surface area contributed by atoms with Crippen LogP contribution in [0.5, 0.6) is 5.75 Å². The minimum absolute atomic E-state index is 0.0223. The van der Waals surface area contributed by atoms with E-state index in [9.17, 15) is 9.59 Å². The lowest BCUT2D eigenvalue weighted by atomic mass is 9.97. The van der Waals surface area contributed by atoms with Crippen molar-refractivity contribution in [3.63, 3.8) is 0 Å². The van der Waals surface area contributed by atoms with Crippen molar-refractivity contribution in [2.75, 3.05) is 25.0 Å². The zero-order chi connectivity index (χ0) is 21.5. The average molecular weight is 436 g/mol. The van der Waals surface area contributed by atoms with Crippen LogP contribution in [-0.4, -0.2) is 41.4 Å². The van der Waals surface area contributed by atoms with Gasteiger partial charge in [-0.2, -0.15) is 0 Å². The fraction of sp³-hybridized carbons (Fsp3) is 0.292. The maximum atomic E-state index is 12.8. The van der Waals surface area contributed by atoms with Gasteiger partial charge in [-0.25, -0.2) is 4.98 Å². The van der Waals surface area contributed by atoms with Crippen molar-refractivity contribution in [2.24, 2.45) is 5.92 Å². The Balaban J connectivity index is 1.27. The van der Waals surface area contributed by atoms with Crippen molar-refractivity contribution in [3.8, 4) is 17.0 Å². The van der Waals surface area contributed by atoms with E-state index >= 15 is 0 Å². The number of para-hydroxylation sites is 1. The molecule has 2 amide bonds. The number of anilines is 1. The highest BCUT2D eigenvalue weighted by Crippen LogP contribution is 2.26. The van der Waals surface area contributed by atoms with Crippen LogP contribution in [0.2, 0.25) is 0 Å². The number of aromatic nitrogens is 1. The number of amides is 2. The van der Waals surface area contributed by atoms with E-state index in [1.54, 1.807) is 4.90 Å². The average Bonchev–Trinajstić information content (AvgIpc) is 3.29. The van der Waals surface area contributed by atoms with E-state index in [-0.39, 0.29) is 17.7 Å². The van der Waals surface area contributed by atoms with Gasteiger partial charge in [-0.1, -0.05) is 48.5 Å². The van der Waals surface area contributed by atoms with Crippen molar-refractivity contribution in [3.05, 3.63) is 66.0 Å². The molecule has 1 aliphatic heterocycles. The van der Waals surface area contributed by atoms with Crippen LogP contribution in [-0.2, 0) is 9.59 Å². The van der Waals surface area contributed by atoms with E-state index in [0.29, 0.717) is 31.2 Å². The monoisotopic (exact) mass is 435 g/mol. The Morgan fingerprint density at radius 2 is 1.84 bits per heavy atom. The molecule has 6 nitrogen and oxygen atoms in total. The molecule has 0 bridgehead atoms. The SMILES string of the molecule is O=C(Nc1nc(-c2ccccc2)cs1)C1CCCN(C(=O)CCOc2ccccc2)C1. The van der Waals surface area contributed by atoms with E-state index in [0.717, 1.165) is 29.8 Å². The number of rotatable bonds is 7. The number of piperidine rings is 1. The molecule has 1 saturated heterocycles. The van der Waals surface area contributed by atoms with Gasteiger partial charge in [0.2, 0.25) is 11.8 Å². The quantitative estimate of drug-likeness (QED) is 0.595. The van der Waals surface area contributed by atoms with Crippen molar-refractivity contribution in [1.82, 2.24) is 9.88 Å². The Morgan fingerprint density at radius 3 is 2.61 bits per heavy atom. The molecule has 1 aliphatic rings. The fourth-order valence-electron chi connectivity index (χ4n) is 3.63. The molecule has 1 atom stereocenters. The zero-order valence-corrected chi connectivity index (χ0v) is 18.0. The lowest BCUT2D eigenvalue weighted by Gasteiger charge is -2.32. The molecule has 0 spiro atoms. The predicted octanol–water partition coefficient (Wildman–Crippen LogP) is 4.46. The normalized spacial score (nSPS) is 16.0. The van der Waals surface area contributed by atoms with E-state index in [1.165, 1.54) is 11.3 Å². The Labute approximate surface area is 185 Å². The Kier molecular flexibility index (Phi) is 6.94. The molecular weight excluding hydrogens is 410 g/mol. The van der Waals surface area contributed by atoms with E-state index in [1.807, 2.05) is 66.0 Å². The van der Waals surface area contributed by atoms with Gasteiger partial charge >= 0.3 is 0 Å². The standard InChI is InChI=1S/C24H25N3O3S/c28-22(13-15-30-20-11-5-2-6-12-20)27-14-7-10-19(16-27)23(29)26-24-25-21(17-31-24)18-8-3-1-4-9-18/h1-6,8-9,11-12,17,19H,7,10,13-16H2,(H,25,26,29). The first-order chi connectivity index (χ1) is 15.2. The van der Waals surface area contributed by atoms with Crippen LogP contribution in [0.25, 0.3) is 11.3 Å². The number of hydrogen-bond acceptors (Lipinski definition) is 5. The molecule has 4 rings (SSSR count). The summed E-state index contributed by atoms with van der Waals surface area (Å²) in [5.74, 6) is 0.474. The Morgan fingerprint density at radius 1 is 1.10 bits per heavy atom. The molecule has 160 valence electrons. The number of ether oxygens (including phenoxy) is 1. The fourth-order valence-corrected chi connectivity index (χ4v) is 4.35. The molecule has 0 saturated carbocycles. The minimum Gasteiger partial charge on any atom is -0.493 e. The molecule has 7 heteroatoms. The molecule has 0 radical (unpaired) electrons. The number of hydrogen-bond donors (Lipinski definition) is 1. The van der Waals surface area contributed by atoms with Gasteiger partial charge in [-0.05, 0) is 25.0 Å². The molecular formula is C24H25N3O3S. The number of carbonyl (C=O) groups is 2. The van der Waals surface area contributed by atoms with Crippen LogP contribution in [0.1, 0.15) is 19.3 Å². The molecule has 0 aliphatic carbocycles. The van der Waals surface area contributed by atoms with Gasteiger partial charge < -0.3 is 15.0 Å². The number of nitrogens with one attached hydrogen (secondary N) is 1. The van der Waals surface area contributed by atoms with E-state index in [4.69, 9.17) is 4.74 Å². The van der Waals surface area contributed by atoms with Crippen molar-refractivity contribution >= 4 is 28.3 Å². The third-order valence-electron chi connectivity index (χ3n) is 5.28. The van der Waals surface area contributed by atoms with Crippen LogP contribution in [0.4, 0.5) is 5.13 Å². The molecule has 1 aromatic heterocycles. The minimum atomic E-state index is -0.225. The van der Waals surface area contributed by atoms with E-state index < -0.39 is 0 Å². The second kappa shape index (κ2) is 10.2. The molecule has 1 unspecified atom stereocenters. The van der Waals surface area contributed by atoms with Gasteiger partial charge in [0.25, 0.3) is 0 Å². The number of carbonyl (C=O) groups excluding carboxylic acids is 2. The molecule has 2 aromatic carbocycles.